The number of aromatic nitrogens is 1. The molecule has 2 N–H and O–H groups in total. The minimum atomic E-state index is -3.59. The molecule has 1 atom stereocenters. The highest BCUT2D eigenvalue weighted by Crippen LogP contribution is 2.23. The van der Waals surface area contributed by atoms with Gasteiger partial charge in [0.1, 0.15) is 10.7 Å². The molecule has 0 radical (unpaired) electrons. The topological polar surface area (TPSA) is 85.5 Å². The molecule has 0 amide bonds. The summed E-state index contributed by atoms with van der Waals surface area (Å²) in [5, 5.41) is 0. The van der Waals surface area contributed by atoms with Gasteiger partial charge in [-0.05, 0) is 18.6 Å². The molecule has 1 aliphatic rings. The number of ether oxygens (including phenoxy) is 1. The highest BCUT2D eigenvalue weighted by molar-refractivity contribution is 7.89. The number of nitrogen functional groups attached to an aromatic ring is 1. The van der Waals surface area contributed by atoms with Crippen molar-refractivity contribution in [3.8, 4) is 0 Å². The third-order valence-corrected chi connectivity index (χ3v) is 4.83. The SMILES string of the molecule is CN(C1CCOC1)S(=O)(=O)c1cccnc1N. The van der Waals surface area contributed by atoms with Gasteiger partial charge in [-0.3, -0.25) is 0 Å². The summed E-state index contributed by atoms with van der Waals surface area (Å²) in [6, 6.07) is 2.89. The minimum Gasteiger partial charge on any atom is -0.383 e. The summed E-state index contributed by atoms with van der Waals surface area (Å²) in [6.45, 7) is 1.02. The Morgan fingerprint density at radius 2 is 2.35 bits per heavy atom. The zero-order valence-corrected chi connectivity index (χ0v) is 10.4. The van der Waals surface area contributed by atoms with Crippen LogP contribution in [0.5, 0.6) is 0 Å². The Kier molecular flexibility index (Phi) is 3.32. The van der Waals surface area contributed by atoms with E-state index in [1.807, 2.05) is 0 Å². The van der Waals surface area contributed by atoms with Crippen molar-refractivity contribution < 1.29 is 13.2 Å². The van der Waals surface area contributed by atoms with E-state index < -0.39 is 10.0 Å². The van der Waals surface area contributed by atoms with Gasteiger partial charge in [0.15, 0.2) is 0 Å². The molecule has 0 aromatic carbocycles. The smallest absolute Gasteiger partial charge is 0.246 e. The average molecular weight is 257 g/mol. The Bertz CT molecular complexity index is 497. The molecule has 1 unspecified atom stereocenters. The van der Waals surface area contributed by atoms with E-state index in [0.717, 1.165) is 0 Å². The molecule has 7 heteroatoms. The van der Waals surface area contributed by atoms with Crippen LogP contribution in [0.1, 0.15) is 6.42 Å². The third-order valence-electron chi connectivity index (χ3n) is 2.88. The monoisotopic (exact) mass is 257 g/mol. The van der Waals surface area contributed by atoms with Gasteiger partial charge in [0.2, 0.25) is 10.0 Å². The van der Waals surface area contributed by atoms with Crippen LogP contribution in [0.4, 0.5) is 5.82 Å². The number of hydrogen-bond donors (Lipinski definition) is 1. The predicted molar refractivity (Wildman–Crippen MR) is 62.8 cm³/mol. The van der Waals surface area contributed by atoms with E-state index in [0.29, 0.717) is 19.6 Å². The quantitative estimate of drug-likeness (QED) is 0.828. The van der Waals surface area contributed by atoms with E-state index >= 15 is 0 Å². The van der Waals surface area contributed by atoms with Crippen LogP contribution in [0.25, 0.3) is 0 Å². The summed E-state index contributed by atoms with van der Waals surface area (Å²) in [6.07, 6.45) is 2.17. The van der Waals surface area contributed by atoms with Crippen LogP contribution in [-0.4, -0.2) is 44.0 Å². The van der Waals surface area contributed by atoms with Crippen molar-refractivity contribution in [1.29, 1.82) is 0 Å². The summed E-state index contributed by atoms with van der Waals surface area (Å²) >= 11 is 0. The number of nitrogens with two attached hydrogens (primary N) is 1. The first-order valence-electron chi connectivity index (χ1n) is 5.30. The van der Waals surface area contributed by atoms with E-state index in [1.165, 1.54) is 16.6 Å². The molecular weight excluding hydrogens is 242 g/mol. The van der Waals surface area contributed by atoms with Crippen molar-refractivity contribution in [3.05, 3.63) is 18.3 Å². The maximum absolute atomic E-state index is 12.3. The van der Waals surface area contributed by atoms with Gasteiger partial charge < -0.3 is 10.5 Å². The molecule has 2 rings (SSSR count). The molecule has 0 aliphatic carbocycles. The van der Waals surface area contributed by atoms with Crippen molar-refractivity contribution >= 4 is 15.8 Å². The van der Waals surface area contributed by atoms with E-state index in [4.69, 9.17) is 10.5 Å². The number of rotatable bonds is 3. The molecule has 17 heavy (non-hydrogen) atoms. The summed E-state index contributed by atoms with van der Waals surface area (Å²) in [7, 11) is -2.04. The van der Waals surface area contributed by atoms with Gasteiger partial charge in [-0.1, -0.05) is 0 Å². The second kappa shape index (κ2) is 4.59. The highest BCUT2D eigenvalue weighted by Gasteiger charge is 2.31. The number of pyridine rings is 1. The molecular formula is C10H15N3O3S. The molecule has 94 valence electrons. The Morgan fingerprint density at radius 3 is 2.94 bits per heavy atom. The first-order chi connectivity index (χ1) is 8.03. The zero-order valence-electron chi connectivity index (χ0n) is 9.54. The fraction of sp³-hybridized carbons (Fsp3) is 0.500. The van der Waals surface area contributed by atoms with Gasteiger partial charge in [-0.25, -0.2) is 13.4 Å². The van der Waals surface area contributed by atoms with Crippen molar-refractivity contribution in [1.82, 2.24) is 9.29 Å². The first kappa shape index (κ1) is 12.3. The third kappa shape index (κ3) is 2.26. The average Bonchev–Trinajstić information content (AvgIpc) is 2.81. The van der Waals surface area contributed by atoms with E-state index in [-0.39, 0.29) is 16.8 Å². The van der Waals surface area contributed by atoms with Crippen LogP contribution >= 0.6 is 0 Å². The van der Waals surface area contributed by atoms with Crippen LogP contribution in [0.2, 0.25) is 0 Å². The van der Waals surface area contributed by atoms with Gasteiger partial charge in [-0.15, -0.1) is 0 Å². The van der Waals surface area contributed by atoms with Crippen LogP contribution in [0.15, 0.2) is 23.2 Å². The van der Waals surface area contributed by atoms with E-state index in [2.05, 4.69) is 4.98 Å². The molecule has 0 spiro atoms. The Balaban J connectivity index is 2.33. The lowest BCUT2D eigenvalue weighted by Crippen LogP contribution is -2.37. The van der Waals surface area contributed by atoms with Crippen LogP contribution in [0, 0.1) is 0 Å². The Labute approximate surface area is 100 Å². The minimum absolute atomic E-state index is 0.0262. The molecule has 0 bridgehead atoms. The molecule has 1 aliphatic heterocycles. The molecule has 0 saturated carbocycles. The molecule has 1 fully saturated rings. The second-order valence-electron chi connectivity index (χ2n) is 3.93. The number of likely N-dealkylation sites (N-methyl/N-ethyl adjacent to an activating group) is 1. The van der Waals surface area contributed by atoms with Gasteiger partial charge in [0.25, 0.3) is 0 Å². The van der Waals surface area contributed by atoms with Crippen LogP contribution in [-0.2, 0) is 14.8 Å². The van der Waals surface area contributed by atoms with Crippen molar-refractivity contribution in [3.63, 3.8) is 0 Å². The summed E-state index contributed by atoms with van der Waals surface area (Å²) in [5.41, 5.74) is 5.59. The standard InChI is InChI=1S/C10H15N3O3S/c1-13(8-4-6-16-7-8)17(14,15)9-3-2-5-12-10(9)11/h2-3,5,8H,4,6-7H2,1H3,(H2,11,12). The summed E-state index contributed by atoms with van der Waals surface area (Å²) in [5.74, 6) is 0.0262. The van der Waals surface area contributed by atoms with Gasteiger partial charge >= 0.3 is 0 Å². The maximum atomic E-state index is 12.3. The van der Waals surface area contributed by atoms with Crippen LogP contribution < -0.4 is 5.73 Å². The molecule has 1 aromatic rings. The number of sulfonamides is 1. The lowest BCUT2D eigenvalue weighted by molar-refractivity contribution is 0.181. The number of hydrogen-bond acceptors (Lipinski definition) is 5. The summed E-state index contributed by atoms with van der Waals surface area (Å²) in [4.78, 5) is 3.85. The van der Waals surface area contributed by atoms with Gasteiger partial charge in [0.05, 0.1) is 12.6 Å². The fourth-order valence-electron chi connectivity index (χ4n) is 1.78. The number of nitrogens with zero attached hydrogens (tertiary/aromatic N) is 2. The highest BCUT2D eigenvalue weighted by atomic mass is 32.2. The lowest BCUT2D eigenvalue weighted by atomic mass is 10.3. The number of anilines is 1. The normalized spacial score (nSPS) is 20.9. The van der Waals surface area contributed by atoms with Crippen molar-refractivity contribution in [2.75, 3.05) is 26.0 Å². The van der Waals surface area contributed by atoms with E-state index in [1.54, 1.807) is 13.1 Å². The molecule has 6 nitrogen and oxygen atoms in total. The van der Waals surface area contributed by atoms with Gasteiger partial charge in [-0.2, -0.15) is 4.31 Å². The molecule has 2 heterocycles. The largest absolute Gasteiger partial charge is 0.383 e. The van der Waals surface area contributed by atoms with Crippen LogP contribution in [0.3, 0.4) is 0 Å². The van der Waals surface area contributed by atoms with Gasteiger partial charge in [0, 0.05) is 19.9 Å². The zero-order chi connectivity index (χ0) is 12.5. The first-order valence-corrected chi connectivity index (χ1v) is 6.74. The van der Waals surface area contributed by atoms with Crippen molar-refractivity contribution in [2.24, 2.45) is 0 Å². The summed E-state index contributed by atoms with van der Waals surface area (Å²) < 4.78 is 31.1. The fourth-order valence-corrected chi connectivity index (χ4v) is 3.22. The maximum Gasteiger partial charge on any atom is 0.246 e. The second-order valence-corrected chi connectivity index (χ2v) is 5.89. The molecule has 1 aromatic heterocycles. The van der Waals surface area contributed by atoms with Crippen molar-refractivity contribution in [2.45, 2.75) is 17.4 Å². The lowest BCUT2D eigenvalue weighted by Gasteiger charge is -2.22. The van der Waals surface area contributed by atoms with E-state index in [9.17, 15) is 8.42 Å². The Hall–Kier alpha value is -1.18. The Morgan fingerprint density at radius 1 is 1.59 bits per heavy atom. The molecule has 1 saturated heterocycles. The predicted octanol–water partition coefficient (Wildman–Crippen LogP) is 0.0732.